The molecule has 1 N–H and O–H groups in total. The fourth-order valence-electron chi connectivity index (χ4n) is 2.83. The van der Waals surface area contributed by atoms with Crippen molar-refractivity contribution in [3.05, 3.63) is 29.9 Å². The molecule has 0 aromatic carbocycles. The lowest BCUT2D eigenvalue weighted by molar-refractivity contribution is -0.151. The molecule has 1 amide bonds. The van der Waals surface area contributed by atoms with E-state index in [1.54, 1.807) is 19.1 Å². The lowest BCUT2D eigenvalue weighted by atomic mass is 10.0. The smallest absolute Gasteiger partial charge is 0.326 e. The zero-order chi connectivity index (χ0) is 16.4. The zero-order valence-electron chi connectivity index (χ0n) is 12.8. The van der Waals surface area contributed by atoms with Crippen molar-refractivity contribution in [1.82, 2.24) is 9.88 Å². The quantitative estimate of drug-likeness (QED) is 0.928. The molecule has 0 saturated carbocycles. The first-order chi connectivity index (χ1) is 11.1. The number of aryl methyl sites for hydroxylation is 1. The van der Waals surface area contributed by atoms with E-state index in [0.717, 1.165) is 12.8 Å². The minimum atomic E-state index is -0.953. The van der Waals surface area contributed by atoms with Crippen LogP contribution in [0.1, 0.15) is 30.7 Å². The SMILES string of the molecule is Cc1oc(-c2ccco2)nc1CC(=O)N1CCCCC1C(=O)O. The Bertz CT molecular complexity index is 704. The summed E-state index contributed by atoms with van der Waals surface area (Å²) in [5, 5.41) is 9.27. The minimum absolute atomic E-state index is 0.0276. The Kier molecular flexibility index (Phi) is 4.18. The molecule has 122 valence electrons. The number of hydrogen-bond donors (Lipinski definition) is 1. The van der Waals surface area contributed by atoms with Crippen molar-refractivity contribution < 1.29 is 23.5 Å². The Morgan fingerprint density at radius 1 is 1.43 bits per heavy atom. The van der Waals surface area contributed by atoms with E-state index in [1.807, 2.05) is 0 Å². The molecule has 0 bridgehead atoms. The highest BCUT2D eigenvalue weighted by atomic mass is 16.4. The van der Waals surface area contributed by atoms with Crippen LogP contribution in [0.15, 0.2) is 27.2 Å². The van der Waals surface area contributed by atoms with Crippen molar-refractivity contribution >= 4 is 11.9 Å². The number of aliphatic carboxylic acids is 1. The van der Waals surface area contributed by atoms with Crippen molar-refractivity contribution in [1.29, 1.82) is 0 Å². The molecule has 1 saturated heterocycles. The predicted molar refractivity (Wildman–Crippen MR) is 79.6 cm³/mol. The first-order valence-corrected chi connectivity index (χ1v) is 7.58. The van der Waals surface area contributed by atoms with Gasteiger partial charge in [0.25, 0.3) is 5.89 Å². The van der Waals surface area contributed by atoms with Crippen molar-refractivity contribution in [3.63, 3.8) is 0 Å². The van der Waals surface area contributed by atoms with Gasteiger partial charge in [0, 0.05) is 6.54 Å². The number of hydrogen-bond acceptors (Lipinski definition) is 5. The molecule has 1 aliphatic rings. The molecule has 0 radical (unpaired) electrons. The van der Waals surface area contributed by atoms with Gasteiger partial charge in [-0.05, 0) is 38.3 Å². The minimum Gasteiger partial charge on any atom is -0.480 e. The van der Waals surface area contributed by atoms with Gasteiger partial charge in [0.1, 0.15) is 11.8 Å². The van der Waals surface area contributed by atoms with Crippen molar-refractivity contribution in [2.24, 2.45) is 0 Å². The average molecular weight is 318 g/mol. The molecule has 1 fully saturated rings. The summed E-state index contributed by atoms with van der Waals surface area (Å²) >= 11 is 0. The number of carboxylic acids is 1. The van der Waals surface area contributed by atoms with E-state index in [-0.39, 0.29) is 12.3 Å². The largest absolute Gasteiger partial charge is 0.480 e. The van der Waals surface area contributed by atoms with Crippen LogP contribution < -0.4 is 0 Å². The maximum absolute atomic E-state index is 12.5. The Morgan fingerprint density at radius 3 is 2.96 bits per heavy atom. The molecule has 23 heavy (non-hydrogen) atoms. The van der Waals surface area contributed by atoms with Gasteiger partial charge >= 0.3 is 5.97 Å². The fraction of sp³-hybridized carbons (Fsp3) is 0.438. The highest BCUT2D eigenvalue weighted by Gasteiger charge is 2.32. The highest BCUT2D eigenvalue weighted by molar-refractivity contribution is 5.85. The van der Waals surface area contributed by atoms with Gasteiger partial charge in [-0.2, -0.15) is 0 Å². The lowest BCUT2D eigenvalue weighted by Crippen LogP contribution is -2.48. The number of furan rings is 1. The summed E-state index contributed by atoms with van der Waals surface area (Å²) in [5.41, 5.74) is 0.510. The molecule has 1 aliphatic heterocycles. The Labute approximate surface area is 132 Å². The van der Waals surface area contributed by atoms with Crippen LogP contribution in [-0.4, -0.2) is 39.5 Å². The average Bonchev–Trinajstić information content (AvgIpc) is 3.17. The first-order valence-electron chi connectivity index (χ1n) is 7.58. The fourth-order valence-corrected chi connectivity index (χ4v) is 2.83. The highest BCUT2D eigenvalue weighted by Crippen LogP contribution is 2.24. The van der Waals surface area contributed by atoms with Crippen LogP contribution in [0, 0.1) is 6.92 Å². The summed E-state index contributed by atoms with van der Waals surface area (Å²) in [6.07, 6.45) is 3.69. The number of carbonyl (C=O) groups excluding carboxylic acids is 1. The van der Waals surface area contributed by atoms with Gasteiger partial charge in [-0.1, -0.05) is 0 Å². The molecule has 7 nitrogen and oxygen atoms in total. The third-order valence-corrected chi connectivity index (χ3v) is 4.05. The number of likely N-dealkylation sites (tertiary alicyclic amines) is 1. The van der Waals surface area contributed by atoms with Crippen LogP contribution in [-0.2, 0) is 16.0 Å². The number of carbonyl (C=O) groups is 2. The number of nitrogens with zero attached hydrogens (tertiary/aromatic N) is 2. The van der Waals surface area contributed by atoms with Crippen LogP contribution in [0.3, 0.4) is 0 Å². The van der Waals surface area contributed by atoms with Crippen molar-refractivity contribution in [3.8, 4) is 11.7 Å². The predicted octanol–water partition coefficient (Wildman–Crippen LogP) is 2.25. The second-order valence-electron chi connectivity index (χ2n) is 5.61. The van der Waals surface area contributed by atoms with Gasteiger partial charge in [0.05, 0.1) is 18.4 Å². The zero-order valence-corrected chi connectivity index (χ0v) is 12.8. The number of carboxylic acid groups (broad SMARTS) is 1. The van der Waals surface area contributed by atoms with E-state index >= 15 is 0 Å². The van der Waals surface area contributed by atoms with Gasteiger partial charge in [0.15, 0.2) is 5.76 Å². The normalized spacial score (nSPS) is 18.1. The van der Waals surface area contributed by atoms with E-state index < -0.39 is 12.0 Å². The Hall–Kier alpha value is -2.57. The van der Waals surface area contributed by atoms with E-state index in [4.69, 9.17) is 8.83 Å². The summed E-state index contributed by atoms with van der Waals surface area (Å²) in [6, 6.07) is 2.71. The van der Waals surface area contributed by atoms with Gasteiger partial charge in [-0.3, -0.25) is 4.79 Å². The molecule has 0 aliphatic carbocycles. The van der Waals surface area contributed by atoms with Gasteiger partial charge in [0.2, 0.25) is 5.91 Å². The van der Waals surface area contributed by atoms with Gasteiger partial charge < -0.3 is 18.8 Å². The van der Waals surface area contributed by atoms with E-state index in [1.165, 1.54) is 11.2 Å². The summed E-state index contributed by atoms with van der Waals surface area (Å²) < 4.78 is 10.8. The first kappa shape index (κ1) is 15.3. The van der Waals surface area contributed by atoms with Crippen molar-refractivity contribution in [2.75, 3.05) is 6.54 Å². The summed E-state index contributed by atoms with van der Waals surface area (Å²) in [6.45, 7) is 2.20. The van der Waals surface area contributed by atoms with Crippen LogP contribution in [0.25, 0.3) is 11.7 Å². The van der Waals surface area contributed by atoms with Gasteiger partial charge in [-0.25, -0.2) is 9.78 Å². The van der Waals surface area contributed by atoms with E-state index in [0.29, 0.717) is 36.1 Å². The van der Waals surface area contributed by atoms with Crippen LogP contribution in [0.4, 0.5) is 0 Å². The number of rotatable bonds is 4. The second kappa shape index (κ2) is 6.28. The number of piperidine rings is 1. The van der Waals surface area contributed by atoms with Gasteiger partial charge in [-0.15, -0.1) is 0 Å². The lowest BCUT2D eigenvalue weighted by Gasteiger charge is -2.32. The third kappa shape index (κ3) is 3.13. The Morgan fingerprint density at radius 2 is 2.26 bits per heavy atom. The number of amides is 1. The molecule has 0 spiro atoms. The summed E-state index contributed by atoms with van der Waals surface area (Å²) in [7, 11) is 0. The second-order valence-corrected chi connectivity index (χ2v) is 5.61. The number of oxazole rings is 1. The molecule has 1 unspecified atom stereocenters. The van der Waals surface area contributed by atoms with E-state index in [2.05, 4.69) is 4.98 Å². The molecule has 3 heterocycles. The molecular weight excluding hydrogens is 300 g/mol. The van der Waals surface area contributed by atoms with Crippen LogP contribution in [0.5, 0.6) is 0 Å². The molecule has 2 aromatic rings. The molecule has 2 aromatic heterocycles. The molecular formula is C16H18N2O5. The Balaban J connectivity index is 1.76. The third-order valence-electron chi connectivity index (χ3n) is 4.05. The summed E-state index contributed by atoms with van der Waals surface area (Å²) in [5.74, 6) is 0.163. The molecule has 7 heteroatoms. The standard InChI is InChI=1S/C16H18N2O5/c1-10-11(17-15(23-10)13-6-4-8-22-13)9-14(19)18-7-3-2-5-12(18)16(20)21/h4,6,8,12H,2-3,5,7,9H2,1H3,(H,20,21). The molecule has 3 rings (SSSR count). The van der Waals surface area contributed by atoms with Crippen molar-refractivity contribution in [2.45, 2.75) is 38.6 Å². The maximum atomic E-state index is 12.5. The topological polar surface area (TPSA) is 96.8 Å². The van der Waals surface area contributed by atoms with E-state index in [9.17, 15) is 14.7 Å². The van der Waals surface area contributed by atoms with Crippen LogP contribution >= 0.6 is 0 Å². The number of aromatic nitrogens is 1. The summed E-state index contributed by atoms with van der Waals surface area (Å²) in [4.78, 5) is 29.5. The maximum Gasteiger partial charge on any atom is 0.326 e. The monoisotopic (exact) mass is 318 g/mol. The van der Waals surface area contributed by atoms with Crippen LogP contribution in [0.2, 0.25) is 0 Å². The molecule has 1 atom stereocenters.